The van der Waals surface area contributed by atoms with E-state index in [1.165, 1.54) is 0 Å². The number of hydrogen-bond acceptors (Lipinski definition) is 5. The van der Waals surface area contributed by atoms with Crippen LogP contribution in [0.5, 0.6) is 5.75 Å². The number of nitrogens with zero attached hydrogens (tertiary/aromatic N) is 2. The first-order chi connectivity index (χ1) is 13.2. The summed E-state index contributed by atoms with van der Waals surface area (Å²) in [4.78, 5) is 4.58. The van der Waals surface area contributed by atoms with E-state index >= 15 is 0 Å². The molecule has 2 aromatic carbocycles. The summed E-state index contributed by atoms with van der Waals surface area (Å²) in [7, 11) is 1.63. The first-order valence-corrected chi connectivity index (χ1v) is 9.22. The van der Waals surface area contributed by atoms with Crippen molar-refractivity contribution in [2.75, 3.05) is 13.7 Å². The van der Waals surface area contributed by atoms with Crippen molar-refractivity contribution in [3.63, 3.8) is 0 Å². The minimum absolute atomic E-state index is 0.512. The Labute approximate surface area is 163 Å². The molecule has 2 N–H and O–H groups in total. The molecule has 0 atom stereocenters. The second-order valence-corrected chi connectivity index (χ2v) is 6.56. The largest absolute Gasteiger partial charge is 0.497 e. The molecule has 1 aromatic heterocycles. The van der Waals surface area contributed by atoms with Crippen molar-refractivity contribution in [3.8, 4) is 17.1 Å². The van der Waals surface area contributed by atoms with E-state index in [-0.39, 0.29) is 0 Å². The molecule has 140 valence electrons. The Bertz CT molecular complexity index is 904. The van der Waals surface area contributed by atoms with Gasteiger partial charge in [0.15, 0.2) is 0 Å². The molecule has 0 bridgehead atoms. The van der Waals surface area contributed by atoms with E-state index in [9.17, 15) is 0 Å². The third-order valence-corrected chi connectivity index (χ3v) is 4.37. The second-order valence-electron chi connectivity index (χ2n) is 6.12. The number of rotatable bonds is 8. The lowest BCUT2D eigenvalue weighted by molar-refractivity contribution is 0.406. The molecule has 0 aliphatic heterocycles. The third-order valence-electron chi connectivity index (χ3n) is 4.14. The quantitative estimate of drug-likeness (QED) is 0.550. The highest BCUT2D eigenvalue weighted by atomic mass is 35.5. The topological polar surface area (TPSA) is 74.2 Å². The van der Waals surface area contributed by atoms with Gasteiger partial charge in [-0.1, -0.05) is 28.9 Å². The molecule has 0 saturated heterocycles. The molecule has 0 radical (unpaired) electrons. The molecule has 0 spiro atoms. The van der Waals surface area contributed by atoms with Crippen molar-refractivity contribution in [3.05, 3.63) is 65.0 Å². The smallest absolute Gasteiger partial charge is 0.254 e. The number of ether oxygens (including phenoxy) is 1. The maximum atomic E-state index is 6.10. The van der Waals surface area contributed by atoms with E-state index < -0.39 is 0 Å². The van der Waals surface area contributed by atoms with Gasteiger partial charge in [0.1, 0.15) is 5.75 Å². The SMILES string of the molecule is COc1ccc(-c2noc(/C(=C/c3cccc(Cl)c3)CCCCN)n2)cc1. The van der Waals surface area contributed by atoms with Crippen LogP contribution in [0.15, 0.2) is 53.1 Å². The normalized spacial score (nSPS) is 11.6. The third kappa shape index (κ3) is 5.18. The predicted molar refractivity (Wildman–Crippen MR) is 109 cm³/mol. The Morgan fingerprint density at radius 1 is 1.19 bits per heavy atom. The van der Waals surface area contributed by atoms with Crippen LogP contribution in [-0.4, -0.2) is 23.8 Å². The number of halogens is 1. The number of aromatic nitrogens is 2. The fourth-order valence-electron chi connectivity index (χ4n) is 2.71. The molecule has 3 rings (SSSR count). The molecular formula is C21H22ClN3O2. The molecule has 1 heterocycles. The van der Waals surface area contributed by atoms with Gasteiger partial charge in [0, 0.05) is 16.2 Å². The summed E-state index contributed by atoms with van der Waals surface area (Å²) in [6.45, 7) is 0.658. The van der Waals surface area contributed by atoms with Gasteiger partial charge in [0.25, 0.3) is 5.89 Å². The first kappa shape index (κ1) is 19.1. The van der Waals surface area contributed by atoms with E-state index in [0.717, 1.165) is 41.7 Å². The first-order valence-electron chi connectivity index (χ1n) is 8.84. The van der Waals surface area contributed by atoms with Gasteiger partial charge in [0.2, 0.25) is 5.82 Å². The molecule has 0 saturated carbocycles. The summed E-state index contributed by atoms with van der Waals surface area (Å²) in [5.74, 6) is 1.84. The fourth-order valence-corrected chi connectivity index (χ4v) is 2.91. The monoisotopic (exact) mass is 383 g/mol. The van der Waals surface area contributed by atoms with E-state index in [2.05, 4.69) is 10.1 Å². The van der Waals surface area contributed by atoms with Crippen LogP contribution in [0.25, 0.3) is 23.0 Å². The Morgan fingerprint density at radius 2 is 2.00 bits per heavy atom. The zero-order chi connectivity index (χ0) is 19.1. The van der Waals surface area contributed by atoms with Gasteiger partial charge in [0.05, 0.1) is 7.11 Å². The molecule has 0 amide bonds. The Balaban J connectivity index is 1.88. The van der Waals surface area contributed by atoms with Gasteiger partial charge in [-0.05, 0) is 73.8 Å². The summed E-state index contributed by atoms with van der Waals surface area (Å²) >= 11 is 6.10. The van der Waals surface area contributed by atoms with Crippen LogP contribution >= 0.6 is 11.6 Å². The van der Waals surface area contributed by atoms with E-state index in [4.69, 9.17) is 26.6 Å². The van der Waals surface area contributed by atoms with E-state index in [0.29, 0.717) is 23.3 Å². The van der Waals surface area contributed by atoms with E-state index in [1.807, 2.05) is 54.6 Å². The number of unbranched alkanes of at least 4 members (excludes halogenated alkanes) is 1. The predicted octanol–water partition coefficient (Wildman–Crippen LogP) is 5.07. The number of allylic oxidation sites excluding steroid dienone is 1. The van der Waals surface area contributed by atoms with Crippen molar-refractivity contribution in [2.24, 2.45) is 5.73 Å². The maximum Gasteiger partial charge on any atom is 0.254 e. The molecule has 3 aromatic rings. The summed E-state index contributed by atoms with van der Waals surface area (Å²) in [6, 6.07) is 15.2. The summed E-state index contributed by atoms with van der Waals surface area (Å²) < 4.78 is 10.7. The lowest BCUT2D eigenvalue weighted by Crippen LogP contribution is -1.98. The molecule has 27 heavy (non-hydrogen) atoms. The average molecular weight is 384 g/mol. The van der Waals surface area contributed by atoms with Crippen LogP contribution in [-0.2, 0) is 0 Å². The lowest BCUT2D eigenvalue weighted by atomic mass is 10.0. The van der Waals surface area contributed by atoms with Crippen LogP contribution < -0.4 is 10.5 Å². The zero-order valence-electron chi connectivity index (χ0n) is 15.2. The number of hydrogen-bond donors (Lipinski definition) is 1. The van der Waals surface area contributed by atoms with Gasteiger partial charge in [-0.3, -0.25) is 0 Å². The van der Waals surface area contributed by atoms with Crippen LogP contribution in [0, 0.1) is 0 Å². The van der Waals surface area contributed by atoms with Gasteiger partial charge < -0.3 is 15.0 Å². The number of methoxy groups -OCH3 is 1. The fraction of sp³-hybridized carbons (Fsp3) is 0.238. The van der Waals surface area contributed by atoms with Gasteiger partial charge in [-0.2, -0.15) is 4.98 Å². The van der Waals surface area contributed by atoms with Crippen molar-refractivity contribution in [1.29, 1.82) is 0 Å². The lowest BCUT2D eigenvalue weighted by Gasteiger charge is -2.03. The van der Waals surface area contributed by atoms with Crippen LogP contribution in [0.2, 0.25) is 5.02 Å². The molecular weight excluding hydrogens is 362 g/mol. The van der Waals surface area contributed by atoms with Crippen molar-refractivity contribution in [1.82, 2.24) is 10.1 Å². The Morgan fingerprint density at radius 3 is 2.70 bits per heavy atom. The second kappa shape index (κ2) is 9.35. The minimum Gasteiger partial charge on any atom is -0.497 e. The summed E-state index contributed by atoms with van der Waals surface area (Å²) in [6.07, 6.45) is 4.72. The minimum atomic E-state index is 0.512. The molecule has 6 heteroatoms. The van der Waals surface area contributed by atoms with Gasteiger partial charge in [-0.25, -0.2) is 0 Å². The van der Waals surface area contributed by atoms with Gasteiger partial charge >= 0.3 is 0 Å². The maximum absolute atomic E-state index is 6.10. The number of benzene rings is 2. The van der Waals surface area contributed by atoms with E-state index in [1.54, 1.807) is 7.11 Å². The molecule has 0 aliphatic carbocycles. The highest BCUT2D eigenvalue weighted by Gasteiger charge is 2.13. The van der Waals surface area contributed by atoms with Crippen LogP contribution in [0.4, 0.5) is 0 Å². The van der Waals surface area contributed by atoms with Crippen molar-refractivity contribution < 1.29 is 9.26 Å². The highest BCUT2D eigenvalue weighted by Crippen LogP contribution is 2.26. The zero-order valence-corrected chi connectivity index (χ0v) is 15.9. The average Bonchev–Trinajstić information content (AvgIpc) is 3.17. The molecule has 0 unspecified atom stereocenters. The molecule has 5 nitrogen and oxygen atoms in total. The summed E-state index contributed by atoms with van der Waals surface area (Å²) in [5, 5.41) is 4.82. The highest BCUT2D eigenvalue weighted by molar-refractivity contribution is 6.30. The number of nitrogens with two attached hydrogens (primary N) is 1. The van der Waals surface area contributed by atoms with Gasteiger partial charge in [-0.15, -0.1) is 0 Å². The van der Waals surface area contributed by atoms with Crippen LogP contribution in [0.1, 0.15) is 30.7 Å². The Hall–Kier alpha value is -2.63. The molecule has 0 fully saturated rings. The van der Waals surface area contributed by atoms with Crippen LogP contribution in [0.3, 0.4) is 0 Å². The van der Waals surface area contributed by atoms with Crippen molar-refractivity contribution >= 4 is 23.3 Å². The van der Waals surface area contributed by atoms with Crippen molar-refractivity contribution in [2.45, 2.75) is 19.3 Å². The Kier molecular flexibility index (Phi) is 6.63. The molecule has 0 aliphatic rings. The standard InChI is InChI=1S/C21H22ClN3O2/c1-26-19-10-8-16(9-11-19)20-24-21(27-25-20)17(6-2-3-12-23)13-15-5-4-7-18(22)14-15/h4-5,7-11,13-14H,2-3,6,12,23H2,1H3/b17-13+. The summed E-state index contributed by atoms with van der Waals surface area (Å²) in [5.41, 5.74) is 8.47.